The van der Waals surface area contributed by atoms with Crippen LogP contribution in [0.5, 0.6) is 5.75 Å². The van der Waals surface area contributed by atoms with Gasteiger partial charge in [-0.15, -0.1) is 11.8 Å². The molecule has 0 atom stereocenters. The molecule has 1 aliphatic heterocycles. The van der Waals surface area contributed by atoms with Gasteiger partial charge in [-0.2, -0.15) is 0 Å². The minimum absolute atomic E-state index is 0.186. The smallest absolute Gasteiger partial charge is 0.233 e. The summed E-state index contributed by atoms with van der Waals surface area (Å²) in [6, 6.07) is 12.8. The molecule has 27 heavy (non-hydrogen) atoms. The molecule has 1 N–H and O–H groups in total. The lowest BCUT2D eigenvalue weighted by atomic mass is 10.1. The van der Waals surface area contributed by atoms with Crippen molar-refractivity contribution in [1.82, 2.24) is 4.90 Å². The summed E-state index contributed by atoms with van der Waals surface area (Å²) in [5.74, 6) is 1.13. The largest absolute Gasteiger partial charge is 0.496 e. The quantitative estimate of drug-likeness (QED) is 0.769. The normalized spacial score (nSPS) is 15.0. The molecule has 0 spiro atoms. The van der Waals surface area contributed by atoms with E-state index < -0.39 is 0 Å². The zero-order valence-corrected chi connectivity index (χ0v) is 16.7. The van der Waals surface area contributed by atoms with E-state index >= 15 is 0 Å². The van der Waals surface area contributed by atoms with Crippen molar-refractivity contribution in [2.45, 2.75) is 18.4 Å². The second kappa shape index (κ2) is 9.24. The van der Waals surface area contributed by atoms with Crippen LogP contribution in [-0.4, -0.2) is 49.8 Å². The van der Waals surface area contributed by atoms with Gasteiger partial charge in [0, 0.05) is 4.90 Å². The molecule has 4 nitrogen and oxygen atoms in total. The van der Waals surface area contributed by atoms with Gasteiger partial charge in [0.1, 0.15) is 18.1 Å². The first-order valence-corrected chi connectivity index (χ1v) is 10.2. The maximum atomic E-state index is 13.5. The Balaban J connectivity index is 1.49. The monoisotopic (exact) mass is 389 g/mol. The molecular formula is C21H26FN2O2S+. The van der Waals surface area contributed by atoms with E-state index in [1.807, 2.05) is 17.0 Å². The average molecular weight is 390 g/mol. The minimum atomic E-state index is -0.243. The average Bonchev–Trinajstić information content (AvgIpc) is 2.68. The second-order valence-corrected chi connectivity index (χ2v) is 7.84. The number of ether oxygens (including phenoxy) is 1. The molecule has 0 aromatic heterocycles. The van der Waals surface area contributed by atoms with Crippen LogP contribution in [0.25, 0.3) is 0 Å². The molecule has 0 saturated carbocycles. The molecule has 3 rings (SSSR count). The molecule has 6 heteroatoms. The zero-order valence-electron chi connectivity index (χ0n) is 15.8. The van der Waals surface area contributed by atoms with Gasteiger partial charge in [0.2, 0.25) is 5.91 Å². The third-order valence-corrected chi connectivity index (χ3v) is 6.11. The van der Waals surface area contributed by atoms with E-state index in [1.54, 1.807) is 31.0 Å². The summed E-state index contributed by atoms with van der Waals surface area (Å²) in [5, 5.41) is 0. The van der Waals surface area contributed by atoms with Crippen LogP contribution in [0.3, 0.4) is 0 Å². The summed E-state index contributed by atoms with van der Waals surface area (Å²) in [4.78, 5) is 17.0. The Hall–Kier alpha value is -2.05. The Morgan fingerprint density at radius 2 is 1.96 bits per heavy atom. The molecule has 0 unspecified atom stereocenters. The fourth-order valence-electron chi connectivity index (χ4n) is 3.35. The van der Waals surface area contributed by atoms with E-state index in [4.69, 9.17) is 4.74 Å². The van der Waals surface area contributed by atoms with Crippen LogP contribution in [0, 0.1) is 12.7 Å². The third kappa shape index (κ3) is 5.23. The SMILES string of the molecule is COc1ccc(F)cc1C[NH+]1CCN(C(=O)CSc2ccccc2C)CC1. The molecule has 0 aliphatic carbocycles. The maximum absolute atomic E-state index is 13.5. The van der Waals surface area contributed by atoms with Crippen molar-refractivity contribution in [2.75, 3.05) is 39.0 Å². The van der Waals surface area contributed by atoms with Crippen LogP contribution in [-0.2, 0) is 11.3 Å². The van der Waals surface area contributed by atoms with Crippen LogP contribution in [0.1, 0.15) is 11.1 Å². The van der Waals surface area contributed by atoms with Gasteiger partial charge >= 0.3 is 0 Å². The van der Waals surface area contributed by atoms with E-state index in [2.05, 4.69) is 19.1 Å². The van der Waals surface area contributed by atoms with Crippen molar-refractivity contribution in [3.8, 4) is 5.75 Å². The number of piperazine rings is 1. The van der Waals surface area contributed by atoms with Crippen molar-refractivity contribution in [3.63, 3.8) is 0 Å². The summed E-state index contributed by atoms with van der Waals surface area (Å²) in [5.41, 5.74) is 2.08. The summed E-state index contributed by atoms with van der Waals surface area (Å²) in [6.07, 6.45) is 0. The van der Waals surface area contributed by atoms with Crippen LogP contribution in [0.4, 0.5) is 4.39 Å². The van der Waals surface area contributed by atoms with Gasteiger partial charge in [0.25, 0.3) is 0 Å². The third-order valence-electron chi connectivity index (χ3n) is 4.95. The standard InChI is InChI=1S/C21H25FN2O2S/c1-16-5-3-4-6-20(16)27-15-21(25)24-11-9-23(10-12-24)14-17-13-18(22)7-8-19(17)26-2/h3-8,13H,9-12,14-15H2,1-2H3/p+1. The Labute approximate surface area is 164 Å². The lowest BCUT2D eigenvalue weighted by molar-refractivity contribution is -0.917. The first-order valence-electron chi connectivity index (χ1n) is 9.19. The number of hydrogen-bond donors (Lipinski definition) is 1. The fraction of sp³-hybridized carbons (Fsp3) is 0.381. The number of carbonyl (C=O) groups excluding carboxylic acids is 1. The van der Waals surface area contributed by atoms with Gasteiger partial charge < -0.3 is 14.5 Å². The van der Waals surface area contributed by atoms with Crippen LogP contribution in [0.15, 0.2) is 47.4 Å². The number of benzene rings is 2. The highest BCUT2D eigenvalue weighted by atomic mass is 32.2. The number of thioether (sulfide) groups is 1. The first kappa shape index (κ1) is 19.7. The predicted octanol–water partition coefficient (Wildman–Crippen LogP) is 2.16. The highest BCUT2D eigenvalue weighted by molar-refractivity contribution is 8.00. The van der Waals surface area contributed by atoms with Gasteiger partial charge in [-0.1, -0.05) is 18.2 Å². The zero-order chi connectivity index (χ0) is 19.2. The molecule has 144 valence electrons. The molecule has 1 heterocycles. The van der Waals surface area contributed by atoms with Crippen molar-refractivity contribution in [2.24, 2.45) is 0 Å². The van der Waals surface area contributed by atoms with Crippen LogP contribution < -0.4 is 9.64 Å². The first-order chi connectivity index (χ1) is 13.1. The number of aryl methyl sites for hydroxylation is 1. The highest BCUT2D eigenvalue weighted by Crippen LogP contribution is 2.22. The predicted molar refractivity (Wildman–Crippen MR) is 106 cm³/mol. The lowest BCUT2D eigenvalue weighted by Crippen LogP contribution is -3.13. The van der Waals surface area contributed by atoms with E-state index in [9.17, 15) is 9.18 Å². The van der Waals surface area contributed by atoms with Gasteiger partial charge in [-0.05, 0) is 36.8 Å². The molecule has 1 amide bonds. The van der Waals surface area contributed by atoms with Gasteiger partial charge in [-0.25, -0.2) is 4.39 Å². The Morgan fingerprint density at radius 1 is 1.22 bits per heavy atom. The molecule has 2 aromatic carbocycles. The van der Waals surface area contributed by atoms with Crippen molar-refractivity contribution in [3.05, 3.63) is 59.4 Å². The fourth-order valence-corrected chi connectivity index (χ4v) is 4.28. The highest BCUT2D eigenvalue weighted by Gasteiger charge is 2.24. The number of nitrogens with zero attached hydrogens (tertiary/aromatic N) is 1. The van der Waals surface area contributed by atoms with Crippen molar-refractivity contribution in [1.29, 1.82) is 0 Å². The van der Waals surface area contributed by atoms with Crippen LogP contribution >= 0.6 is 11.8 Å². The van der Waals surface area contributed by atoms with Crippen molar-refractivity contribution >= 4 is 17.7 Å². The molecule has 0 radical (unpaired) electrons. The molecule has 0 bridgehead atoms. The number of hydrogen-bond acceptors (Lipinski definition) is 3. The van der Waals surface area contributed by atoms with E-state index in [-0.39, 0.29) is 11.7 Å². The van der Waals surface area contributed by atoms with Gasteiger partial charge in [-0.3, -0.25) is 4.79 Å². The lowest BCUT2D eigenvalue weighted by Gasteiger charge is -2.32. The van der Waals surface area contributed by atoms with Crippen molar-refractivity contribution < 1.29 is 18.8 Å². The number of rotatable bonds is 6. The topological polar surface area (TPSA) is 34.0 Å². The van der Waals surface area contributed by atoms with E-state index in [0.29, 0.717) is 12.3 Å². The number of nitrogens with one attached hydrogen (secondary N) is 1. The van der Waals surface area contributed by atoms with Gasteiger partial charge in [0.15, 0.2) is 0 Å². The minimum Gasteiger partial charge on any atom is -0.496 e. The van der Waals surface area contributed by atoms with Gasteiger partial charge in [0.05, 0.1) is 44.6 Å². The Bertz CT molecular complexity index is 792. The number of amides is 1. The Kier molecular flexibility index (Phi) is 6.74. The molecular weight excluding hydrogens is 363 g/mol. The maximum Gasteiger partial charge on any atom is 0.233 e. The summed E-state index contributed by atoms with van der Waals surface area (Å²) in [7, 11) is 1.61. The van der Waals surface area contributed by atoms with E-state index in [0.717, 1.165) is 42.4 Å². The number of halogens is 1. The summed E-state index contributed by atoms with van der Waals surface area (Å²) < 4.78 is 18.9. The number of carbonyl (C=O) groups is 1. The van der Waals surface area contributed by atoms with Crippen LogP contribution in [0.2, 0.25) is 0 Å². The summed E-state index contributed by atoms with van der Waals surface area (Å²) in [6.45, 7) is 5.97. The second-order valence-electron chi connectivity index (χ2n) is 6.82. The number of quaternary nitrogens is 1. The Morgan fingerprint density at radius 3 is 2.67 bits per heavy atom. The number of methoxy groups -OCH3 is 1. The molecule has 1 fully saturated rings. The molecule has 1 saturated heterocycles. The molecule has 2 aromatic rings. The molecule has 1 aliphatic rings. The summed E-state index contributed by atoms with van der Waals surface area (Å²) >= 11 is 1.60. The van der Waals surface area contributed by atoms with E-state index in [1.165, 1.54) is 16.5 Å².